The van der Waals surface area contributed by atoms with Crippen molar-refractivity contribution in [2.45, 2.75) is 103 Å². The molecule has 1 N–H and O–H groups in total. The van der Waals surface area contributed by atoms with E-state index in [9.17, 15) is 9.59 Å². The summed E-state index contributed by atoms with van der Waals surface area (Å²) in [5.74, 6) is 0.534. The zero-order valence-electron chi connectivity index (χ0n) is 25.5. The molecule has 1 amide bonds. The highest BCUT2D eigenvalue weighted by atomic mass is 16.6. The van der Waals surface area contributed by atoms with Crippen molar-refractivity contribution < 1.29 is 38.4 Å². The average Bonchev–Trinajstić information content (AvgIpc) is 2.88. The summed E-state index contributed by atoms with van der Waals surface area (Å²) in [5, 5.41) is 8.93. The number of nitrogens with zero attached hydrogens (tertiary/aromatic N) is 1. The summed E-state index contributed by atoms with van der Waals surface area (Å²) < 4.78 is 31.7. The molecule has 228 valence electrons. The molecular weight excluding hydrogens is 526 g/mol. The molecule has 0 saturated carbocycles. The van der Waals surface area contributed by atoms with Crippen LogP contribution < -0.4 is 9.47 Å². The van der Waals surface area contributed by atoms with E-state index in [0.29, 0.717) is 63.7 Å². The molecule has 4 atom stereocenters. The van der Waals surface area contributed by atoms with E-state index in [2.05, 4.69) is 26.8 Å². The minimum absolute atomic E-state index is 0.0151. The highest BCUT2D eigenvalue weighted by molar-refractivity contribution is 5.68. The Morgan fingerprint density at radius 1 is 1.22 bits per heavy atom. The molecule has 9 nitrogen and oxygen atoms in total. The molecule has 3 heterocycles. The van der Waals surface area contributed by atoms with Gasteiger partial charge in [0, 0.05) is 24.4 Å². The summed E-state index contributed by atoms with van der Waals surface area (Å²) in [6.07, 6.45) is 5.33. The number of para-hydroxylation sites is 1. The summed E-state index contributed by atoms with van der Waals surface area (Å²) in [4.78, 5) is 25.6. The van der Waals surface area contributed by atoms with Gasteiger partial charge >= 0.3 is 12.1 Å². The number of unbranched alkanes of at least 4 members (excludes halogenated alkanes) is 1. The minimum Gasteiger partial charge on any atom is -0.490 e. The van der Waals surface area contributed by atoms with Gasteiger partial charge in [0.1, 0.15) is 16.8 Å². The zero-order valence-corrected chi connectivity index (χ0v) is 25.5. The van der Waals surface area contributed by atoms with Crippen LogP contribution in [0, 0.1) is 5.92 Å². The number of allylic oxidation sites excluding steroid dienone is 2. The number of aliphatic carboxylic acids is 1. The summed E-state index contributed by atoms with van der Waals surface area (Å²) in [5.41, 5.74) is 0.418. The van der Waals surface area contributed by atoms with E-state index in [4.69, 9.17) is 28.8 Å². The number of benzene rings is 1. The normalized spacial score (nSPS) is 27.3. The van der Waals surface area contributed by atoms with E-state index in [1.165, 1.54) is 5.57 Å². The van der Waals surface area contributed by atoms with Crippen molar-refractivity contribution in [1.29, 1.82) is 0 Å². The molecule has 1 spiro atoms. The Bertz CT molecular complexity index is 1120. The van der Waals surface area contributed by atoms with E-state index in [0.717, 1.165) is 18.4 Å². The second-order valence-corrected chi connectivity index (χ2v) is 13.1. The van der Waals surface area contributed by atoms with Crippen LogP contribution in [0.5, 0.6) is 11.5 Å². The molecular formula is C32H47NO8. The van der Waals surface area contributed by atoms with Crippen LogP contribution in [0.15, 0.2) is 29.8 Å². The lowest BCUT2D eigenvalue weighted by molar-refractivity contribution is -0.231. The van der Waals surface area contributed by atoms with Gasteiger partial charge in [0.2, 0.25) is 0 Å². The molecule has 2 fully saturated rings. The van der Waals surface area contributed by atoms with Crippen LogP contribution in [-0.2, 0) is 19.0 Å². The van der Waals surface area contributed by atoms with E-state index < -0.39 is 22.8 Å². The van der Waals surface area contributed by atoms with Crippen LogP contribution in [0.3, 0.4) is 0 Å². The van der Waals surface area contributed by atoms with Gasteiger partial charge in [0.15, 0.2) is 11.5 Å². The predicted molar refractivity (Wildman–Crippen MR) is 154 cm³/mol. The molecule has 0 radical (unpaired) electrons. The molecule has 2 saturated heterocycles. The van der Waals surface area contributed by atoms with Crippen LogP contribution in [0.25, 0.3) is 0 Å². The largest absolute Gasteiger partial charge is 0.490 e. The first kappa shape index (κ1) is 31.2. The summed E-state index contributed by atoms with van der Waals surface area (Å²) in [7, 11) is 0. The topological polar surface area (TPSA) is 104 Å². The molecule has 0 aromatic heterocycles. The number of carbonyl (C=O) groups excluding carboxylic acids is 1. The average molecular weight is 574 g/mol. The molecule has 0 aliphatic carbocycles. The van der Waals surface area contributed by atoms with Crippen LogP contribution >= 0.6 is 0 Å². The van der Waals surface area contributed by atoms with Crippen LogP contribution in [0.1, 0.15) is 91.7 Å². The zero-order chi connectivity index (χ0) is 29.8. The maximum absolute atomic E-state index is 12.9. The van der Waals surface area contributed by atoms with Crippen molar-refractivity contribution in [2.24, 2.45) is 5.92 Å². The number of rotatable bonds is 9. The Balaban J connectivity index is 1.58. The van der Waals surface area contributed by atoms with Gasteiger partial charge in [-0.3, -0.25) is 4.79 Å². The third kappa shape index (κ3) is 7.74. The van der Waals surface area contributed by atoms with E-state index in [1.807, 2.05) is 39.0 Å². The fourth-order valence-corrected chi connectivity index (χ4v) is 6.04. The number of carboxylic acids is 1. The number of amides is 1. The van der Waals surface area contributed by atoms with Crippen LogP contribution in [0.2, 0.25) is 0 Å². The lowest BCUT2D eigenvalue weighted by atomic mass is 9.69. The Morgan fingerprint density at radius 2 is 2.00 bits per heavy atom. The van der Waals surface area contributed by atoms with Gasteiger partial charge in [-0.05, 0) is 79.7 Å². The van der Waals surface area contributed by atoms with Crippen LogP contribution in [0.4, 0.5) is 4.79 Å². The number of fused-ring (bicyclic) bond motifs is 3. The van der Waals surface area contributed by atoms with Crippen LogP contribution in [-0.4, -0.2) is 71.8 Å². The summed E-state index contributed by atoms with van der Waals surface area (Å²) >= 11 is 0. The second kappa shape index (κ2) is 12.6. The maximum Gasteiger partial charge on any atom is 0.410 e. The predicted octanol–water partition coefficient (Wildman–Crippen LogP) is 6.30. The second-order valence-electron chi connectivity index (χ2n) is 13.1. The number of carboxylic acid groups (broad SMARTS) is 1. The smallest absolute Gasteiger partial charge is 0.410 e. The Labute approximate surface area is 244 Å². The molecule has 1 aromatic rings. The van der Waals surface area contributed by atoms with Crippen molar-refractivity contribution in [1.82, 2.24) is 4.90 Å². The minimum atomic E-state index is -0.799. The molecule has 1 aromatic carbocycles. The summed E-state index contributed by atoms with van der Waals surface area (Å²) in [6, 6.07) is 5.89. The van der Waals surface area contributed by atoms with E-state index >= 15 is 0 Å². The van der Waals surface area contributed by atoms with Gasteiger partial charge in [-0.2, -0.15) is 0 Å². The fourth-order valence-electron chi connectivity index (χ4n) is 6.04. The van der Waals surface area contributed by atoms with Gasteiger partial charge in [0.05, 0.1) is 32.5 Å². The first-order valence-electron chi connectivity index (χ1n) is 14.8. The maximum atomic E-state index is 12.9. The van der Waals surface area contributed by atoms with Crippen molar-refractivity contribution in [2.75, 3.05) is 32.9 Å². The van der Waals surface area contributed by atoms with Crippen molar-refractivity contribution in [3.63, 3.8) is 0 Å². The molecule has 3 aliphatic heterocycles. The molecule has 41 heavy (non-hydrogen) atoms. The highest BCUT2D eigenvalue weighted by Crippen LogP contribution is 2.56. The quantitative estimate of drug-likeness (QED) is 0.271. The molecule has 9 heteroatoms. The SMILES string of the molecule is CC(C)=CCC[C@@]1(C)Oc2c(OCCCCC(=O)O)cccc2[C@H]2OC[C@@]3(C[C@@H]21)CN(C(=O)OC(C)(C)C)CCO3. The first-order valence-corrected chi connectivity index (χ1v) is 14.8. The number of hydrogen-bond donors (Lipinski definition) is 1. The van der Waals surface area contributed by atoms with Crippen molar-refractivity contribution in [3.05, 3.63) is 35.4 Å². The van der Waals surface area contributed by atoms with Gasteiger partial charge in [-0.1, -0.05) is 23.8 Å². The fraction of sp³-hybridized carbons (Fsp3) is 0.688. The molecule has 0 unspecified atom stereocenters. The Kier molecular flexibility index (Phi) is 9.59. The molecule has 3 aliphatic rings. The highest BCUT2D eigenvalue weighted by Gasteiger charge is 2.56. The van der Waals surface area contributed by atoms with Gasteiger partial charge in [-0.25, -0.2) is 4.79 Å². The molecule has 4 rings (SSSR count). The third-order valence-corrected chi connectivity index (χ3v) is 8.05. The Hall–Kier alpha value is -2.78. The Morgan fingerprint density at radius 3 is 2.71 bits per heavy atom. The lowest BCUT2D eigenvalue weighted by Gasteiger charge is -2.55. The number of carbonyl (C=O) groups is 2. The number of ether oxygens (including phenoxy) is 5. The standard InChI is InChI=1S/C32H47NO8/c1-22(2)11-10-15-31(6)24-19-32(20-33(16-18-39-32)29(36)41-30(3,4)5)21-38-27(24)23-12-9-13-25(28(23)40-31)37-17-8-7-14-26(34)35/h9,11-13,24,27H,7-8,10,14-21H2,1-6H3,(H,34,35)/t24-,27+,31+,32+/m0/s1. The first-order chi connectivity index (χ1) is 19.3. The number of hydrogen-bond acceptors (Lipinski definition) is 7. The molecule has 0 bridgehead atoms. The monoisotopic (exact) mass is 573 g/mol. The van der Waals surface area contributed by atoms with E-state index in [1.54, 1.807) is 4.90 Å². The van der Waals surface area contributed by atoms with Crippen molar-refractivity contribution >= 4 is 12.1 Å². The van der Waals surface area contributed by atoms with Gasteiger partial charge in [0.25, 0.3) is 0 Å². The lowest BCUT2D eigenvalue weighted by Crippen LogP contribution is -2.63. The van der Waals surface area contributed by atoms with Crippen molar-refractivity contribution in [3.8, 4) is 11.5 Å². The van der Waals surface area contributed by atoms with Gasteiger partial charge in [-0.15, -0.1) is 0 Å². The number of morpholine rings is 1. The third-order valence-electron chi connectivity index (χ3n) is 8.05. The van der Waals surface area contributed by atoms with Gasteiger partial charge < -0.3 is 33.7 Å². The summed E-state index contributed by atoms with van der Waals surface area (Å²) in [6.45, 7) is 14.0. The van der Waals surface area contributed by atoms with E-state index in [-0.39, 0.29) is 24.5 Å².